The van der Waals surface area contributed by atoms with Crippen LogP contribution < -0.4 is 0 Å². The number of carbonyl (C=O) groups excluding carboxylic acids is 1. The van der Waals surface area contributed by atoms with Gasteiger partial charge < -0.3 is 4.90 Å². The first-order valence-corrected chi connectivity index (χ1v) is 6.85. The van der Waals surface area contributed by atoms with Gasteiger partial charge in [0.2, 0.25) is 0 Å². The van der Waals surface area contributed by atoms with Gasteiger partial charge in [0.25, 0.3) is 5.91 Å². The van der Waals surface area contributed by atoms with Gasteiger partial charge in [0, 0.05) is 35.2 Å². The molecule has 1 amide bonds. The van der Waals surface area contributed by atoms with Gasteiger partial charge in [-0.25, -0.2) is 0 Å². The van der Waals surface area contributed by atoms with Crippen LogP contribution in [0.2, 0.25) is 5.02 Å². The number of rotatable bonds is 1. The number of nitrogens with zero attached hydrogens (tertiary/aromatic N) is 1. The van der Waals surface area contributed by atoms with E-state index in [4.69, 9.17) is 11.6 Å². The molecule has 0 atom stereocenters. The molecule has 2 nitrogen and oxygen atoms in total. The second-order valence-electron chi connectivity index (χ2n) is 3.87. The van der Waals surface area contributed by atoms with Gasteiger partial charge in [-0.3, -0.25) is 4.79 Å². The Balaban J connectivity index is 2.16. The molecule has 1 aliphatic rings. The van der Waals surface area contributed by atoms with E-state index in [1.807, 2.05) is 35.7 Å². The Kier molecular flexibility index (Phi) is 3.77. The van der Waals surface area contributed by atoms with Gasteiger partial charge in [0.1, 0.15) is 0 Å². The third-order valence-electron chi connectivity index (χ3n) is 2.72. The second kappa shape index (κ2) is 5.11. The Morgan fingerprint density at radius 2 is 2.06 bits per heavy atom. The largest absolute Gasteiger partial charge is 0.337 e. The maximum absolute atomic E-state index is 12.1. The van der Waals surface area contributed by atoms with Crippen molar-refractivity contribution in [1.82, 2.24) is 4.90 Å². The summed E-state index contributed by atoms with van der Waals surface area (Å²) in [6.45, 7) is 3.62. The third kappa shape index (κ3) is 2.53. The number of benzene rings is 1. The van der Waals surface area contributed by atoms with Gasteiger partial charge in [-0.2, -0.15) is 11.8 Å². The SMILES string of the molecule is Cc1ccc(C(=O)N2CCSCC2)cc1Cl. The van der Waals surface area contributed by atoms with Gasteiger partial charge in [-0.05, 0) is 24.6 Å². The molecular formula is C12H14ClNOS. The van der Waals surface area contributed by atoms with Crippen LogP contribution in [0.4, 0.5) is 0 Å². The lowest BCUT2D eigenvalue weighted by Crippen LogP contribution is -2.37. The molecule has 0 aliphatic carbocycles. The number of aryl methyl sites for hydroxylation is 1. The molecule has 0 saturated carbocycles. The van der Waals surface area contributed by atoms with Crippen molar-refractivity contribution in [2.75, 3.05) is 24.6 Å². The predicted molar refractivity (Wildman–Crippen MR) is 69.4 cm³/mol. The Labute approximate surface area is 105 Å². The molecule has 4 heteroatoms. The Morgan fingerprint density at radius 1 is 1.38 bits per heavy atom. The molecule has 16 heavy (non-hydrogen) atoms. The predicted octanol–water partition coefficient (Wildman–Crippen LogP) is 2.84. The zero-order valence-electron chi connectivity index (χ0n) is 9.20. The summed E-state index contributed by atoms with van der Waals surface area (Å²) in [5, 5.41) is 0.664. The number of hydrogen-bond donors (Lipinski definition) is 0. The van der Waals surface area contributed by atoms with E-state index in [0.717, 1.165) is 30.2 Å². The maximum atomic E-state index is 12.1. The van der Waals surface area contributed by atoms with Crippen molar-refractivity contribution in [1.29, 1.82) is 0 Å². The fourth-order valence-corrected chi connectivity index (χ4v) is 2.76. The molecule has 0 spiro atoms. The smallest absolute Gasteiger partial charge is 0.253 e. The normalized spacial score (nSPS) is 16.2. The lowest BCUT2D eigenvalue weighted by molar-refractivity contribution is 0.0772. The molecule has 1 aromatic rings. The first-order chi connectivity index (χ1) is 7.68. The number of thioether (sulfide) groups is 1. The van der Waals surface area contributed by atoms with Crippen LogP contribution in [0.3, 0.4) is 0 Å². The minimum absolute atomic E-state index is 0.0993. The van der Waals surface area contributed by atoms with Crippen LogP contribution in [0, 0.1) is 6.92 Å². The fourth-order valence-electron chi connectivity index (χ4n) is 1.67. The van der Waals surface area contributed by atoms with Gasteiger partial charge in [-0.15, -0.1) is 0 Å². The van der Waals surface area contributed by atoms with E-state index >= 15 is 0 Å². The summed E-state index contributed by atoms with van der Waals surface area (Å²) in [6, 6.07) is 5.51. The summed E-state index contributed by atoms with van der Waals surface area (Å²) in [4.78, 5) is 14.0. The highest BCUT2D eigenvalue weighted by Crippen LogP contribution is 2.19. The van der Waals surface area contributed by atoms with Crippen molar-refractivity contribution in [2.24, 2.45) is 0 Å². The van der Waals surface area contributed by atoms with Crippen molar-refractivity contribution in [2.45, 2.75) is 6.92 Å². The van der Waals surface area contributed by atoms with E-state index in [9.17, 15) is 4.79 Å². The summed E-state index contributed by atoms with van der Waals surface area (Å²) < 4.78 is 0. The summed E-state index contributed by atoms with van der Waals surface area (Å²) in [5.41, 5.74) is 1.70. The van der Waals surface area contributed by atoms with Gasteiger partial charge in [0.05, 0.1) is 0 Å². The molecule has 86 valence electrons. The van der Waals surface area contributed by atoms with Crippen LogP contribution in [0.5, 0.6) is 0 Å². The summed E-state index contributed by atoms with van der Waals surface area (Å²) in [5.74, 6) is 2.17. The average molecular weight is 256 g/mol. The van der Waals surface area contributed by atoms with Crippen LogP contribution in [0.25, 0.3) is 0 Å². The Bertz CT molecular complexity index is 402. The molecule has 0 aromatic heterocycles. The van der Waals surface area contributed by atoms with Crippen molar-refractivity contribution in [3.8, 4) is 0 Å². The van der Waals surface area contributed by atoms with E-state index in [-0.39, 0.29) is 5.91 Å². The summed E-state index contributed by atoms with van der Waals surface area (Å²) in [7, 11) is 0. The van der Waals surface area contributed by atoms with Crippen molar-refractivity contribution >= 4 is 29.3 Å². The minimum atomic E-state index is 0.0993. The van der Waals surface area contributed by atoms with Crippen LogP contribution >= 0.6 is 23.4 Å². The quantitative estimate of drug-likeness (QED) is 0.769. The standard InChI is InChI=1S/C12H14ClNOS/c1-9-2-3-10(8-11(9)13)12(15)14-4-6-16-7-5-14/h2-3,8H,4-7H2,1H3. The first-order valence-electron chi connectivity index (χ1n) is 5.31. The van der Waals surface area contributed by atoms with Crippen molar-refractivity contribution in [3.05, 3.63) is 34.3 Å². The average Bonchev–Trinajstić information content (AvgIpc) is 2.33. The molecule has 1 aromatic carbocycles. The van der Waals surface area contributed by atoms with Crippen molar-refractivity contribution < 1.29 is 4.79 Å². The van der Waals surface area contributed by atoms with E-state index in [0.29, 0.717) is 10.6 Å². The minimum Gasteiger partial charge on any atom is -0.337 e. The highest BCUT2D eigenvalue weighted by atomic mass is 35.5. The zero-order chi connectivity index (χ0) is 11.5. The molecule has 0 unspecified atom stereocenters. The molecule has 2 rings (SSSR count). The molecule has 0 bridgehead atoms. The summed E-state index contributed by atoms with van der Waals surface area (Å²) in [6.07, 6.45) is 0. The molecule has 1 fully saturated rings. The van der Waals surface area contributed by atoms with Crippen LogP contribution in [-0.4, -0.2) is 35.4 Å². The van der Waals surface area contributed by atoms with E-state index in [1.165, 1.54) is 0 Å². The van der Waals surface area contributed by atoms with E-state index in [2.05, 4.69) is 0 Å². The lowest BCUT2D eigenvalue weighted by Gasteiger charge is -2.26. The number of hydrogen-bond acceptors (Lipinski definition) is 2. The molecular weight excluding hydrogens is 242 g/mol. The topological polar surface area (TPSA) is 20.3 Å². The Morgan fingerprint density at radius 3 is 2.69 bits per heavy atom. The molecule has 0 radical (unpaired) electrons. The molecule has 0 N–H and O–H groups in total. The number of carbonyl (C=O) groups is 1. The highest BCUT2D eigenvalue weighted by molar-refractivity contribution is 7.99. The monoisotopic (exact) mass is 255 g/mol. The fraction of sp³-hybridized carbons (Fsp3) is 0.417. The van der Waals surface area contributed by atoms with Gasteiger partial charge in [-0.1, -0.05) is 17.7 Å². The zero-order valence-corrected chi connectivity index (χ0v) is 10.8. The molecule has 1 saturated heterocycles. The van der Waals surface area contributed by atoms with Gasteiger partial charge >= 0.3 is 0 Å². The first kappa shape index (κ1) is 11.8. The summed E-state index contributed by atoms with van der Waals surface area (Å²) >= 11 is 7.92. The Hall–Kier alpha value is -0.670. The number of halogens is 1. The highest BCUT2D eigenvalue weighted by Gasteiger charge is 2.18. The third-order valence-corrected chi connectivity index (χ3v) is 4.07. The van der Waals surface area contributed by atoms with Crippen LogP contribution in [0.1, 0.15) is 15.9 Å². The van der Waals surface area contributed by atoms with E-state index < -0.39 is 0 Å². The number of amides is 1. The lowest BCUT2D eigenvalue weighted by atomic mass is 10.1. The molecule has 1 aliphatic heterocycles. The van der Waals surface area contributed by atoms with E-state index in [1.54, 1.807) is 6.07 Å². The van der Waals surface area contributed by atoms with Crippen LogP contribution in [0.15, 0.2) is 18.2 Å². The molecule has 1 heterocycles. The van der Waals surface area contributed by atoms with Crippen LogP contribution in [-0.2, 0) is 0 Å². The van der Waals surface area contributed by atoms with Gasteiger partial charge in [0.15, 0.2) is 0 Å². The van der Waals surface area contributed by atoms with Crippen molar-refractivity contribution in [3.63, 3.8) is 0 Å². The maximum Gasteiger partial charge on any atom is 0.253 e. The second-order valence-corrected chi connectivity index (χ2v) is 5.50.